The number of hydrogen-bond donors (Lipinski definition) is 1. The highest BCUT2D eigenvalue weighted by molar-refractivity contribution is 6.04. The van der Waals surface area contributed by atoms with Crippen molar-refractivity contribution in [3.8, 4) is 11.5 Å². The summed E-state index contributed by atoms with van der Waals surface area (Å²) in [5, 5.41) is 2.96. The van der Waals surface area contributed by atoms with Crippen LogP contribution in [-0.4, -0.2) is 32.6 Å². The molecule has 142 valence electrons. The van der Waals surface area contributed by atoms with Crippen LogP contribution in [-0.2, 0) is 9.59 Å². The van der Waals surface area contributed by atoms with E-state index in [9.17, 15) is 9.59 Å². The molecule has 6 heteroatoms. The first kappa shape index (κ1) is 18.8. The molecule has 3 rings (SSSR count). The number of carbonyl (C=O) groups excluding carboxylic acids is 2. The maximum Gasteiger partial charge on any atom is 0.229 e. The first-order valence-electron chi connectivity index (χ1n) is 8.83. The Hall–Kier alpha value is -3.02. The van der Waals surface area contributed by atoms with Crippen LogP contribution in [0.1, 0.15) is 17.5 Å². The highest BCUT2D eigenvalue weighted by atomic mass is 16.5. The van der Waals surface area contributed by atoms with Crippen LogP contribution in [0.15, 0.2) is 36.4 Å². The number of nitrogens with zero attached hydrogens (tertiary/aromatic N) is 1. The Kier molecular flexibility index (Phi) is 5.35. The van der Waals surface area contributed by atoms with Crippen molar-refractivity contribution in [2.24, 2.45) is 5.92 Å². The van der Waals surface area contributed by atoms with Crippen molar-refractivity contribution >= 4 is 23.2 Å². The number of methoxy groups -OCH3 is 2. The van der Waals surface area contributed by atoms with Gasteiger partial charge < -0.3 is 19.7 Å². The van der Waals surface area contributed by atoms with E-state index in [0.717, 1.165) is 16.8 Å². The van der Waals surface area contributed by atoms with Crippen LogP contribution in [0.2, 0.25) is 0 Å². The highest BCUT2D eigenvalue weighted by Gasteiger charge is 2.36. The Bertz CT molecular complexity index is 878. The van der Waals surface area contributed by atoms with E-state index in [1.165, 1.54) is 0 Å². The molecular weight excluding hydrogens is 344 g/mol. The molecule has 1 N–H and O–H groups in total. The monoisotopic (exact) mass is 368 g/mol. The number of aryl methyl sites for hydroxylation is 2. The van der Waals surface area contributed by atoms with E-state index in [1.807, 2.05) is 32.0 Å². The van der Waals surface area contributed by atoms with E-state index < -0.39 is 5.92 Å². The van der Waals surface area contributed by atoms with Gasteiger partial charge in [0, 0.05) is 24.7 Å². The molecule has 1 saturated heterocycles. The van der Waals surface area contributed by atoms with Crippen molar-refractivity contribution in [3.05, 3.63) is 47.5 Å². The number of benzene rings is 2. The molecule has 1 fully saturated rings. The van der Waals surface area contributed by atoms with Crippen molar-refractivity contribution in [3.63, 3.8) is 0 Å². The van der Waals surface area contributed by atoms with Gasteiger partial charge in [0.2, 0.25) is 11.8 Å². The second-order valence-corrected chi connectivity index (χ2v) is 6.75. The Morgan fingerprint density at radius 3 is 2.59 bits per heavy atom. The Morgan fingerprint density at radius 1 is 1.11 bits per heavy atom. The lowest BCUT2D eigenvalue weighted by atomic mass is 10.1. The van der Waals surface area contributed by atoms with Gasteiger partial charge in [-0.05, 0) is 43.2 Å². The maximum absolute atomic E-state index is 12.7. The van der Waals surface area contributed by atoms with Crippen LogP contribution in [0.3, 0.4) is 0 Å². The quantitative estimate of drug-likeness (QED) is 0.879. The van der Waals surface area contributed by atoms with E-state index in [4.69, 9.17) is 9.47 Å². The minimum Gasteiger partial charge on any atom is -0.497 e. The molecule has 0 aromatic heterocycles. The molecule has 6 nitrogen and oxygen atoms in total. The topological polar surface area (TPSA) is 67.9 Å². The van der Waals surface area contributed by atoms with Crippen molar-refractivity contribution in [1.82, 2.24) is 0 Å². The zero-order valence-corrected chi connectivity index (χ0v) is 16.0. The Balaban J connectivity index is 1.79. The van der Waals surface area contributed by atoms with Gasteiger partial charge in [-0.2, -0.15) is 0 Å². The van der Waals surface area contributed by atoms with Gasteiger partial charge in [0.05, 0.1) is 25.8 Å². The van der Waals surface area contributed by atoms with Crippen LogP contribution < -0.4 is 19.7 Å². The summed E-state index contributed by atoms with van der Waals surface area (Å²) in [4.78, 5) is 26.9. The van der Waals surface area contributed by atoms with Crippen molar-refractivity contribution in [2.75, 3.05) is 31.0 Å². The van der Waals surface area contributed by atoms with Crippen molar-refractivity contribution in [2.45, 2.75) is 20.3 Å². The van der Waals surface area contributed by atoms with Gasteiger partial charge in [0.15, 0.2) is 0 Å². The number of carbonyl (C=O) groups is 2. The lowest BCUT2D eigenvalue weighted by Crippen LogP contribution is -2.28. The third-order valence-electron chi connectivity index (χ3n) is 4.82. The molecule has 0 unspecified atom stereocenters. The highest BCUT2D eigenvalue weighted by Crippen LogP contribution is 2.36. The fraction of sp³-hybridized carbons (Fsp3) is 0.333. The molecule has 1 heterocycles. The molecule has 0 radical (unpaired) electrons. The fourth-order valence-electron chi connectivity index (χ4n) is 3.23. The molecule has 2 amide bonds. The predicted octanol–water partition coefficient (Wildman–Crippen LogP) is 3.31. The van der Waals surface area contributed by atoms with Crippen LogP contribution in [0.4, 0.5) is 11.4 Å². The largest absolute Gasteiger partial charge is 0.497 e. The second-order valence-electron chi connectivity index (χ2n) is 6.75. The Morgan fingerprint density at radius 2 is 1.89 bits per heavy atom. The lowest BCUT2D eigenvalue weighted by Gasteiger charge is -2.20. The summed E-state index contributed by atoms with van der Waals surface area (Å²) < 4.78 is 10.6. The van der Waals surface area contributed by atoms with E-state index in [-0.39, 0.29) is 18.2 Å². The lowest BCUT2D eigenvalue weighted by molar-refractivity contribution is -0.122. The molecule has 2 aromatic carbocycles. The standard InChI is InChI=1S/C21H24N2O4/c1-13-5-6-14(2)17(9-13)22-21(25)15-10-20(24)23(12-15)18-11-16(26-3)7-8-19(18)27-4/h5-9,11,15H,10,12H2,1-4H3,(H,22,25)/t15-/m0/s1. The molecule has 0 spiro atoms. The first-order valence-corrected chi connectivity index (χ1v) is 8.83. The summed E-state index contributed by atoms with van der Waals surface area (Å²) in [6.07, 6.45) is 0.164. The van der Waals surface area contributed by atoms with Crippen LogP contribution in [0.25, 0.3) is 0 Å². The molecule has 0 bridgehead atoms. The van der Waals surface area contributed by atoms with E-state index in [0.29, 0.717) is 23.7 Å². The minimum absolute atomic E-state index is 0.109. The van der Waals surface area contributed by atoms with Crippen LogP contribution in [0.5, 0.6) is 11.5 Å². The van der Waals surface area contributed by atoms with Gasteiger partial charge in [-0.15, -0.1) is 0 Å². The number of hydrogen-bond acceptors (Lipinski definition) is 4. The maximum atomic E-state index is 12.7. The summed E-state index contributed by atoms with van der Waals surface area (Å²) in [6.45, 7) is 4.23. The molecule has 27 heavy (non-hydrogen) atoms. The second kappa shape index (κ2) is 7.70. The SMILES string of the molecule is COc1ccc(OC)c(N2C[C@@H](C(=O)Nc3cc(C)ccc3C)CC2=O)c1. The molecule has 1 aliphatic heterocycles. The number of nitrogens with one attached hydrogen (secondary N) is 1. The number of rotatable bonds is 5. The number of amides is 2. The van der Waals surface area contributed by atoms with Gasteiger partial charge in [0.1, 0.15) is 11.5 Å². The van der Waals surface area contributed by atoms with E-state index in [1.54, 1.807) is 37.3 Å². The minimum atomic E-state index is -0.423. The summed E-state index contributed by atoms with van der Waals surface area (Å²) >= 11 is 0. The van der Waals surface area contributed by atoms with Crippen LogP contribution in [0, 0.1) is 19.8 Å². The molecule has 0 saturated carbocycles. The number of ether oxygens (including phenoxy) is 2. The van der Waals surface area contributed by atoms with Gasteiger partial charge in [-0.1, -0.05) is 12.1 Å². The average molecular weight is 368 g/mol. The summed E-state index contributed by atoms with van der Waals surface area (Å²) in [6, 6.07) is 11.2. The van der Waals surface area contributed by atoms with Gasteiger partial charge in [0.25, 0.3) is 0 Å². The summed E-state index contributed by atoms with van der Waals surface area (Å²) in [7, 11) is 3.12. The fourth-order valence-corrected chi connectivity index (χ4v) is 3.23. The molecular formula is C21H24N2O4. The summed E-state index contributed by atoms with van der Waals surface area (Å²) in [5.74, 6) is 0.513. The van der Waals surface area contributed by atoms with E-state index in [2.05, 4.69) is 5.32 Å². The van der Waals surface area contributed by atoms with Crippen molar-refractivity contribution in [1.29, 1.82) is 0 Å². The third-order valence-corrected chi connectivity index (χ3v) is 4.82. The zero-order chi connectivity index (χ0) is 19.6. The third kappa shape index (κ3) is 3.89. The molecule has 1 aliphatic rings. The van der Waals surface area contributed by atoms with E-state index >= 15 is 0 Å². The van der Waals surface area contributed by atoms with Crippen LogP contribution >= 0.6 is 0 Å². The van der Waals surface area contributed by atoms with Crippen molar-refractivity contribution < 1.29 is 19.1 Å². The normalized spacial score (nSPS) is 16.4. The van der Waals surface area contributed by atoms with Gasteiger partial charge in [-0.25, -0.2) is 0 Å². The smallest absolute Gasteiger partial charge is 0.229 e. The molecule has 0 aliphatic carbocycles. The Labute approximate surface area is 159 Å². The number of anilines is 2. The molecule has 2 aromatic rings. The summed E-state index contributed by atoms with van der Waals surface area (Å²) in [5.41, 5.74) is 3.46. The predicted molar refractivity (Wildman–Crippen MR) is 105 cm³/mol. The first-order chi connectivity index (χ1) is 12.9. The van der Waals surface area contributed by atoms with Gasteiger partial charge >= 0.3 is 0 Å². The average Bonchev–Trinajstić information content (AvgIpc) is 3.05. The van der Waals surface area contributed by atoms with Gasteiger partial charge in [-0.3, -0.25) is 9.59 Å². The zero-order valence-electron chi connectivity index (χ0n) is 16.0. The molecule has 1 atom stereocenters.